The van der Waals surface area contributed by atoms with Crippen LogP contribution in [0.1, 0.15) is 13.8 Å². The van der Waals surface area contributed by atoms with Gasteiger partial charge in [0, 0.05) is 18.1 Å². The van der Waals surface area contributed by atoms with Gasteiger partial charge in [0.15, 0.2) is 6.61 Å². The number of rotatable bonds is 5. The standard InChI is InChI=1S/C14H15Cl2N3O2/c1-3-19(4-2)12(20)7-21-14-10-5-9(15)6-11(16)13(10)17-8-18-14/h5-6,8H,3-4,7H2,1-2H3. The van der Waals surface area contributed by atoms with Gasteiger partial charge in [0.05, 0.1) is 15.9 Å². The van der Waals surface area contributed by atoms with E-state index in [1.807, 2.05) is 13.8 Å². The Morgan fingerprint density at radius 2 is 1.95 bits per heavy atom. The summed E-state index contributed by atoms with van der Waals surface area (Å²) in [5.41, 5.74) is 0.543. The molecule has 1 amide bonds. The van der Waals surface area contributed by atoms with Crippen molar-refractivity contribution in [2.45, 2.75) is 13.8 Å². The number of amides is 1. The summed E-state index contributed by atoms with van der Waals surface area (Å²) in [6, 6.07) is 3.27. The lowest BCUT2D eigenvalue weighted by atomic mass is 10.2. The average Bonchev–Trinajstić information content (AvgIpc) is 2.46. The fraction of sp³-hybridized carbons (Fsp3) is 0.357. The Bertz CT molecular complexity index is 660. The van der Waals surface area contributed by atoms with Gasteiger partial charge in [-0.05, 0) is 26.0 Å². The molecule has 0 N–H and O–H groups in total. The van der Waals surface area contributed by atoms with Crippen molar-refractivity contribution in [3.05, 3.63) is 28.5 Å². The monoisotopic (exact) mass is 327 g/mol. The Balaban J connectivity index is 2.25. The largest absolute Gasteiger partial charge is 0.467 e. The van der Waals surface area contributed by atoms with Crippen LogP contribution in [0.15, 0.2) is 18.5 Å². The molecule has 0 spiro atoms. The van der Waals surface area contributed by atoms with Gasteiger partial charge < -0.3 is 9.64 Å². The van der Waals surface area contributed by atoms with Gasteiger partial charge in [-0.2, -0.15) is 0 Å². The third-order valence-corrected chi connectivity index (χ3v) is 3.58. The molecule has 0 unspecified atom stereocenters. The van der Waals surface area contributed by atoms with Crippen molar-refractivity contribution in [2.24, 2.45) is 0 Å². The summed E-state index contributed by atoms with van der Waals surface area (Å²) in [6.45, 7) is 5.03. The molecule has 5 nitrogen and oxygen atoms in total. The van der Waals surface area contributed by atoms with Crippen molar-refractivity contribution < 1.29 is 9.53 Å². The van der Waals surface area contributed by atoms with Gasteiger partial charge in [0.25, 0.3) is 5.91 Å². The number of carbonyl (C=O) groups excluding carboxylic acids is 1. The highest BCUT2D eigenvalue weighted by Crippen LogP contribution is 2.30. The first-order valence-electron chi connectivity index (χ1n) is 6.57. The van der Waals surface area contributed by atoms with Crippen LogP contribution in [0.2, 0.25) is 10.0 Å². The normalized spacial score (nSPS) is 10.7. The summed E-state index contributed by atoms with van der Waals surface area (Å²) < 4.78 is 5.52. The minimum absolute atomic E-state index is 0.0854. The zero-order valence-corrected chi connectivity index (χ0v) is 13.3. The highest BCUT2D eigenvalue weighted by molar-refractivity contribution is 6.38. The number of hydrogen-bond acceptors (Lipinski definition) is 4. The summed E-state index contributed by atoms with van der Waals surface area (Å²) in [7, 11) is 0. The number of aromatic nitrogens is 2. The molecule has 1 aromatic heterocycles. The highest BCUT2D eigenvalue weighted by atomic mass is 35.5. The predicted molar refractivity (Wildman–Crippen MR) is 83.0 cm³/mol. The van der Waals surface area contributed by atoms with E-state index < -0.39 is 0 Å². The molecule has 0 radical (unpaired) electrons. The fourth-order valence-electron chi connectivity index (χ4n) is 1.98. The van der Waals surface area contributed by atoms with Crippen molar-refractivity contribution in [2.75, 3.05) is 19.7 Å². The van der Waals surface area contributed by atoms with E-state index in [9.17, 15) is 4.79 Å². The molecule has 1 heterocycles. The number of halogens is 2. The van der Waals surface area contributed by atoms with E-state index in [0.29, 0.717) is 39.9 Å². The zero-order chi connectivity index (χ0) is 15.4. The molecule has 0 atom stereocenters. The summed E-state index contributed by atoms with van der Waals surface area (Å²) in [5, 5.41) is 1.46. The van der Waals surface area contributed by atoms with Crippen LogP contribution in [-0.4, -0.2) is 40.5 Å². The van der Waals surface area contributed by atoms with Crippen molar-refractivity contribution >= 4 is 40.0 Å². The summed E-state index contributed by atoms with van der Waals surface area (Å²) in [6.07, 6.45) is 1.35. The fourth-order valence-corrected chi connectivity index (χ4v) is 2.52. The molecule has 112 valence electrons. The minimum Gasteiger partial charge on any atom is -0.467 e. The third kappa shape index (κ3) is 3.54. The Hall–Kier alpha value is -1.59. The molecular formula is C14H15Cl2N3O2. The quantitative estimate of drug-likeness (QED) is 0.846. The van der Waals surface area contributed by atoms with Crippen LogP contribution in [0.25, 0.3) is 10.9 Å². The molecule has 0 aliphatic heterocycles. The molecule has 0 aliphatic carbocycles. The van der Waals surface area contributed by atoms with Crippen LogP contribution in [0.3, 0.4) is 0 Å². The molecule has 0 saturated heterocycles. The first-order valence-corrected chi connectivity index (χ1v) is 7.32. The molecule has 7 heteroatoms. The van der Waals surface area contributed by atoms with E-state index in [1.54, 1.807) is 17.0 Å². The van der Waals surface area contributed by atoms with E-state index in [2.05, 4.69) is 9.97 Å². The van der Waals surface area contributed by atoms with Crippen LogP contribution in [0.4, 0.5) is 0 Å². The van der Waals surface area contributed by atoms with Crippen molar-refractivity contribution in [3.63, 3.8) is 0 Å². The van der Waals surface area contributed by atoms with Gasteiger partial charge in [-0.15, -0.1) is 0 Å². The second-order valence-electron chi connectivity index (χ2n) is 4.32. The highest BCUT2D eigenvalue weighted by Gasteiger charge is 2.14. The van der Waals surface area contributed by atoms with E-state index in [4.69, 9.17) is 27.9 Å². The molecule has 2 rings (SSSR count). The van der Waals surface area contributed by atoms with Crippen molar-refractivity contribution in [3.8, 4) is 5.88 Å². The number of likely N-dealkylation sites (N-methyl/N-ethyl adjacent to an activating group) is 1. The third-order valence-electron chi connectivity index (χ3n) is 3.07. The number of ether oxygens (including phenoxy) is 1. The van der Waals surface area contributed by atoms with Gasteiger partial charge in [-0.25, -0.2) is 9.97 Å². The molecule has 0 bridgehead atoms. The topological polar surface area (TPSA) is 55.3 Å². The lowest BCUT2D eigenvalue weighted by molar-refractivity contribution is -0.133. The molecular weight excluding hydrogens is 313 g/mol. The predicted octanol–water partition coefficient (Wildman–Crippen LogP) is 3.18. The van der Waals surface area contributed by atoms with Gasteiger partial charge in [-0.1, -0.05) is 23.2 Å². The Morgan fingerprint density at radius 1 is 1.24 bits per heavy atom. The summed E-state index contributed by atoms with van der Waals surface area (Å²) >= 11 is 12.1. The van der Waals surface area contributed by atoms with E-state index in [-0.39, 0.29) is 12.5 Å². The molecule has 0 fully saturated rings. The van der Waals surface area contributed by atoms with Crippen LogP contribution in [0.5, 0.6) is 5.88 Å². The van der Waals surface area contributed by atoms with Crippen LogP contribution in [-0.2, 0) is 4.79 Å². The Kier molecular flexibility index (Phi) is 5.20. The van der Waals surface area contributed by atoms with Gasteiger partial charge in [0.1, 0.15) is 6.33 Å². The summed E-state index contributed by atoms with van der Waals surface area (Å²) in [4.78, 5) is 21.8. The van der Waals surface area contributed by atoms with E-state index >= 15 is 0 Å². The molecule has 1 aromatic carbocycles. The number of nitrogens with zero attached hydrogens (tertiary/aromatic N) is 3. The van der Waals surface area contributed by atoms with Gasteiger partial charge >= 0.3 is 0 Å². The van der Waals surface area contributed by atoms with E-state index in [0.717, 1.165) is 0 Å². The maximum atomic E-state index is 12.0. The zero-order valence-electron chi connectivity index (χ0n) is 11.8. The summed E-state index contributed by atoms with van der Waals surface area (Å²) in [5.74, 6) is 0.199. The van der Waals surface area contributed by atoms with Crippen LogP contribution < -0.4 is 4.74 Å². The van der Waals surface area contributed by atoms with E-state index in [1.165, 1.54) is 6.33 Å². The minimum atomic E-state index is -0.0973. The second-order valence-corrected chi connectivity index (χ2v) is 5.16. The number of hydrogen-bond donors (Lipinski definition) is 0. The van der Waals surface area contributed by atoms with Crippen LogP contribution >= 0.6 is 23.2 Å². The first-order chi connectivity index (χ1) is 10.1. The molecule has 0 saturated carbocycles. The number of fused-ring (bicyclic) bond motifs is 1. The number of carbonyl (C=O) groups is 1. The second kappa shape index (κ2) is 6.91. The lowest BCUT2D eigenvalue weighted by Gasteiger charge is -2.18. The van der Waals surface area contributed by atoms with Crippen molar-refractivity contribution in [1.29, 1.82) is 0 Å². The van der Waals surface area contributed by atoms with Gasteiger partial charge in [-0.3, -0.25) is 4.79 Å². The Labute approximate surface area is 132 Å². The molecule has 2 aromatic rings. The van der Waals surface area contributed by atoms with Gasteiger partial charge in [0.2, 0.25) is 5.88 Å². The van der Waals surface area contributed by atoms with Crippen LogP contribution in [0, 0.1) is 0 Å². The lowest BCUT2D eigenvalue weighted by Crippen LogP contribution is -2.34. The molecule has 21 heavy (non-hydrogen) atoms. The maximum Gasteiger partial charge on any atom is 0.260 e. The molecule has 0 aliphatic rings. The SMILES string of the molecule is CCN(CC)C(=O)COc1ncnc2c(Cl)cc(Cl)cc12. The average molecular weight is 328 g/mol. The maximum absolute atomic E-state index is 12.0. The number of benzene rings is 1. The Morgan fingerprint density at radius 3 is 2.62 bits per heavy atom. The van der Waals surface area contributed by atoms with Crippen molar-refractivity contribution in [1.82, 2.24) is 14.9 Å². The first kappa shape index (κ1) is 15.8. The smallest absolute Gasteiger partial charge is 0.260 e.